The maximum atomic E-state index is 10.9. The predicted octanol–water partition coefficient (Wildman–Crippen LogP) is 2.36. The second-order valence-corrected chi connectivity index (χ2v) is 1.97. The van der Waals surface area contributed by atoms with Crippen molar-refractivity contribution in [1.82, 2.24) is 0 Å². The summed E-state index contributed by atoms with van der Waals surface area (Å²) in [4.78, 5) is 10.9. The molecule has 3 heteroatoms. The molecule has 0 spiro atoms. The van der Waals surface area contributed by atoms with Crippen molar-refractivity contribution in [3.05, 3.63) is 35.9 Å². The van der Waals surface area contributed by atoms with Crippen LogP contribution in [0.5, 0.6) is 0 Å². The van der Waals surface area contributed by atoms with Crippen molar-refractivity contribution in [2.45, 2.75) is 13.8 Å². The van der Waals surface area contributed by atoms with Crippen molar-refractivity contribution in [3.8, 4) is 0 Å². The fraction of sp³-hybridized carbons (Fsp3) is 0.200. The monoisotopic (exact) mass is 179 g/mol. The summed E-state index contributed by atoms with van der Waals surface area (Å²) < 4.78 is 0. The summed E-state index contributed by atoms with van der Waals surface area (Å²) in [6.07, 6.45) is 0.870. The molecule has 3 nitrogen and oxygen atoms in total. The molecular weight excluding hydrogens is 166 g/mol. The van der Waals surface area contributed by atoms with Crippen molar-refractivity contribution in [2.24, 2.45) is 5.16 Å². The fourth-order valence-corrected chi connectivity index (χ4v) is 0.729. The molecule has 0 saturated heterocycles. The normalized spacial score (nSPS) is 9.08. The first-order valence-corrected chi connectivity index (χ1v) is 4.11. The quantitative estimate of drug-likeness (QED) is 0.328. The lowest BCUT2D eigenvalue weighted by Gasteiger charge is -1.90. The van der Waals surface area contributed by atoms with Crippen LogP contribution in [0.1, 0.15) is 24.2 Å². The number of hydrogen-bond donors (Lipinski definition) is 1. The smallest absolute Gasteiger partial charge is 0.207 e. The van der Waals surface area contributed by atoms with E-state index in [2.05, 4.69) is 5.16 Å². The number of carbonyl (C=O) groups is 1. The van der Waals surface area contributed by atoms with E-state index in [9.17, 15) is 4.79 Å². The van der Waals surface area contributed by atoms with Gasteiger partial charge in [0.1, 0.15) is 6.21 Å². The molecule has 1 N–H and O–H groups in total. The van der Waals surface area contributed by atoms with Gasteiger partial charge in [-0.15, -0.1) is 0 Å². The predicted molar refractivity (Wildman–Crippen MR) is 52.4 cm³/mol. The second kappa shape index (κ2) is 7.03. The molecule has 0 aromatic heterocycles. The Bertz CT molecular complexity index is 268. The van der Waals surface area contributed by atoms with Crippen molar-refractivity contribution in [2.75, 3.05) is 0 Å². The van der Waals surface area contributed by atoms with E-state index in [1.54, 1.807) is 24.3 Å². The number of Topliss-reactive ketones (excluding diaryl/α,β-unsaturated/α-hetero) is 1. The molecule has 0 aliphatic heterocycles. The minimum Gasteiger partial charge on any atom is -0.411 e. The van der Waals surface area contributed by atoms with Crippen LogP contribution in [0.3, 0.4) is 0 Å². The van der Waals surface area contributed by atoms with Crippen molar-refractivity contribution in [3.63, 3.8) is 0 Å². The van der Waals surface area contributed by atoms with Crippen molar-refractivity contribution < 1.29 is 10.0 Å². The summed E-state index contributed by atoms with van der Waals surface area (Å²) in [5.74, 6) is -0.298. The Morgan fingerprint density at radius 2 is 1.85 bits per heavy atom. The minimum atomic E-state index is -0.298. The van der Waals surface area contributed by atoms with Crippen LogP contribution < -0.4 is 0 Å². The van der Waals surface area contributed by atoms with E-state index in [-0.39, 0.29) is 5.78 Å². The lowest BCUT2D eigenvalue weighted by molar-refractivity contribution is 0.106. The average molecular weight is 179 g/mol. The lowest BCUT2D eigenvalue weighted by atomic mass is 10.1. The van der Waals surface area contributed by atoms with Gasteiger partial charge in [0, 0.05) is 5.56 Å². The van der Waals surface area contributed by atoms with Crippen LogP contribution in [0.2, 0.25) is 0 Å². The van der Waals surface area contributed by atoms with Crippen molar-refractivity contribution >= 4 is 12.0 Å². The number of rotatable bonds is 2. The molecular formula is C10H13NO2. The maximum Gasteiger partial charge on any atom is 0.207 e. The Labute approximate surface area is 77.7 Å². The van der Waals surface area contributed by atoms with Gasteiger partial charge in [0.15, 0.2) is 0 Å². The number of carbonyl (C=O) groups excluding carboxylic acids is 1. The second-order valence-electron chi connectivity index (χ2n) is 1.97. The third-order valence-electron chi connectivity index (χ3n) is 1.23. The average Bonchev–Trinajstić information content (AvgIpc) is 2.23. The summed E-state index contributed by atoms with van der Waals surface area (Å²) in [6, 6.07) is 8.62. The zero-order chi connectivity index (χ0) is 10.1. The van der Waals surface area contributed by atoms with E-state index in [0.29, 0.717) is 5.56 Å². The summed E-state index contributed by atoms with van der Waals surface area (Å²) in [5, 5.41) is 10.7. The standard InChI is InChI=1S/C8H7NO2.C2H6/c10-8(6-9-11)7-4-2-1-3-5-7;1-2/h1-6,11H;1-2H3. The van der Waals surface area contributed by atoms with Crippen LogP contribution in [0.4, 0.5) is 0 Å². The lowest BCUT2D eigenvalue weighted by Crippen LogP contribution is -1.98. The highest BCUT2D eigenvalue weighted by atomic mass is 16.4. The van der Waals surface area contributed by atoms with E-state index in [4.69, 9.17) is 5.21 Å². The summed E-state index contributed by atoms with van der Waals surface area (Å²) in [6.45, 7) is 4.00. The molecule has 0 aliphatic carbocycles. The SMILES string of the molecule is CC.O=C(C=NO)c1ccccc1. The third kappa shape index (κ3) is 4.06. The molecule has 0 saturated carbocycles. The molecule has 0 unspecified atom stereocenters. The maximum absolute atomic E-state index is 10.9. The number of oxime groups is 1. The molecule has 0 radical (unpaired) electrons. The highest BCUT2D eigenvalue weighted by Gasteiger charge is 1.98. The van der Waals surface area contributed by atoms with Crippen LogP contribution in [0, 0.1) is 0 Å². The van der Waals surface area contributed by atoms with Gasteiger partial charge in [-0.1, -0.05) is 49.3 Å². The van der Waals surface area contributed by atoms with Gasteiger partial charge in [-0.3, -0.25) is 4.79 Å². The van der Waals surface area contributed by atoms with E-state index in [1.807, 2.05) is 19.9 Å². The van der Waals surface area contributed by atoms with E-state index in [0.717, 1.165) is 6.21 Å². The third-order valence-corrected chi connectivity index (χ3v) is 1.23. The minimum absolute atomic E-state index is 0.298. The molecule has 13 heavy (non-hydrogen) atoms. The number of ketones is 1. The van der Waals surface area contributed by atoms with Gasteiger partial charge in [-0.05, 0) is 0 Å². The van der Waals surface area contributed by atoms with Crippen LogP contribution >= 0.6 is 0 Å². The van der Waals surface area contributed by atoms with Gasteiger partial charge in [0.2, 0.25) is 5.78 Å². The molecule has 70 valence electrons. The van der Waals surface area contributed by atoms with Gasteiger partial charge < -0.3 is 5.21 Å². The highest BCUT2D eigenvalue weighted by molar-refractivity contribution is 6.35. The molecule has 0 amide bonds. The molecule has 0 heterocycles. The van der Waals surface area contributed by atoms with Gasteiger partial charge in [0.25, 0.3) is 0 Å². The Kier molecular flexibility index (Phi) is 6.15. The Balaban J connectivity index is 0.000000671. The molecule has 1 aromatic carbocycles. The van der Waals surface area contributed by atoms with Gasteiger partial charge >= 0.3 is 0 Å². The fourth-order valence-electron chi connectivity index (χ4n) is 0.729. The summed E-state index contributed by atoms with van der Waals surface area (Å²) in [7, 11) is 0. The Morgan fingerprint density at radius 3 is 2.31 bits per heavy atom. The Morgan fingerprint density at radius 1 is 1.31 bits per heavy atom. The first-order chi connectivity index (χ1) is 6.34. The first kappa shape index (κ1) is 11.4. The number of benzene rings is 1. The topological polar surface area (TPSA) is 49.7 Å². The zero-order valence-corrected chi connectivity index (χ0v) is 7.77. The van der Waals surface area contributed by atoms with Gasteiger partial charge in [0.05, 0.1) is 0 Å². The molecule has 1 rings (SSSR count). The summed E-state index contributed by atoms with van der Waals surface area (Å²) in [5.41, 5.74) is 0.519. The van der Waals surface area contributed by atoms with Crippen molar-refractivity contribution in [1.29, 1.82) is 0 Å². The number of nitrogens with zero attached hydrogens (tertiary/aromatic N) is 1. The first-order valence-electron chi connectivity index (χ1n) is 4.11. The van der Waals surface area contributed by atoms with E-state index < -0.39 is 0 Å². The van der Waals surface area contributed by atoms with Crippen LogP contribution in [-0.2, 0) is 0 Å². The Hall–Kier alpha value is -1.64. The largest absolute Gasteiger partial charge is 0.411 e. The van der Waals surface area contributed by atoms with Crippen LogP contribution in [0.25, 0.3) is 0 Å². The molecule has 1 aromatic rings. The summed E-state index contributed by atoms with van der Waals surface area (Å²) >= 11 is 0. The van der Waals surface area contributed by atoms with Crippen LogP contribution in [-0.4, -0.2) is 17.2 Å². The zero-order valence-electron chi connectivity index (χ0n) is 7.77. The van der Waals surface area contributed by atoms with Crippen LogP contribution in [0.15, 0.2) is 35.5 Å². The number of hydrogen-bond acceptors (Lipinski definition) is 3. The van der Waals surface area contributed by atoms with Gasteiger partial charge in [-0.25, -0.2) is 0 Å². The molecule has 0 atom stereocenters. The van der Waals surface area contributed by atoms with Gasteiger partial charge in [-0.2, -0.15) is 0 Å². The highest BCUT2D eigenvalue weighted by Crippen LogP contribution is 1.97. The van der Waals surface area contributed by atoms with E-state index in [1.165, 1.54) is 0 Å². The molecule has 0 bridgehead atoms. The molecule has 0 aliphatic rings. The molecule has 0 fully saturated rings. The van der Waals surface area contributed by atoms with E-state index >= 15 is 0 Å².